The van der Waals surface area contributed by atoms with E-state index in [1.807, 2.05) is 23.1 Å². The fourth-order valence-corrected chi connectivity index (χ4v) is 5.60. The number of rotatable bonds is 5. The van der Waals surface area contributed by atoms with E-state index in [0.29, 0.717) is 11.3 Å². The summed E-state index contributed by atoms with van der Waals surface area (Å²) in [7, 11) is 0. The van der Waals surface area contributed by atoms with Crippen molar-refractivity contribution in [2.45, 2.75) is 37.8 Å². The number of nitrogens with one attached hydrogen (secondary N) is 1. The van der Waals surface area contributed by atoms with Gasteiger partial charge in [0.15, 0.2) is 0 Å². The van der Waals surface area contributed by atoms with Crippen molar-refractivity contribution in [2.75, 3.05) is 18.1 Å². The van der Waals surface area contributed by atoms with Gasteiger partial charge < -0.3 is 10.0 Å². The minimum Gasteiger partial charge on any atom is -0.396 e. The van der Waals surface area contributed by atoms with E-state index in [2.05, 4.69) is 17.4 Å². The molecular weight excluding hydrogens is 394 g/mol. The standard InChI is InChI=1S/C24H25N3O4/c28-15-24(12-16-4-2-1-3-5-16)13-19-10-11-20(24)27(19)22(30)17-6-8-18(9-7-17)26-14-21(29)25-23(26)31/h1-9,19-20,28H,10-15H2,(H,25,29,31)/t19-,20+,24-/m1/s1. The number of fused-ring (bicyclic) bond motifs is 2. The van der Waals surface area contributed by atoms with E-state index in [9.17, 15) is 19.5 Å². The van der Waals surface area contributed by atoms with Crippen LogP contribution in [0.15, 0.2) is 54.6 Å². The van der Waals surface area contributed by atoms with Crippen LogP contribution in [-0.2, 0) is 11.2 Å². The van der Waals surface area contributed by atoms with Crippen LogP contribution in [0.25, 0.3) is 0 Å². The molecule has 0 radical (unpaired) electrons. The van der Waals surface area contributed by atoms with Gasteiger partial charge in [-0.2, -0.15) is 0 Å². The normalized spacial score (nSPS) is 27.1. The predicted molar refractivity (Wildman–Crippen MR) is 115 cm³/mol. The summed E-state index contributed by atoms with van der Waals surface area (Å²) in [4.78, 5) is 40.0. The molecule has 0 unspecified atom stereocenters. The van der Waals surface area contributed by atoms with Gasteiger partial charge in [-0.25, -0.2) is 4.79 Å². The molecule has 2 bridgehead atoms. The van der Waals surface area contributed by atoms with Crippen molar-refractivity contribution in [3.63, 3.8) is 0 Å². The lowest BCUT2D eigenvalue weighted by molar-refractivity contribution is -0.117. The molecule has 3 heterocycles. The number of carbonyl (C=O) groups is 3. The van der Waals surface area contributed by atoms with Crippen LogP contribution in [0.4, 0.5) is 10.5 Å². The third-order valence-electron chi connectivity index (χ3n) is 7.02. The Morgan fingerprint density at radius 2 is 1.81 bits per heavy atom. The molecule has 3 fully saturated rings. The second kappa shape index (κ2) is 7.50. The molecule has 0 spiro atoms. The van der Waals surface area contributed by atoms with E-state index in [1.54, 1.807) is 24.3 Å². The number of anilines is 1. The van der Waals surface area contributed by atoms with Gasteiger partial charge in [0, 0.05) is 28.7 Å². The van der Waals surface area contributed by atoms with Gasteiger partial charge in [-0.05, 0) is 55.5 Å². The van der Waals surface area contributed by atoms with Gasteiger partial charge in [0.05, 0.1) is 6.61 Å². The van der Waals surface area contributed by atoms with Crippen molar-refractivity contribution in [3.05, 3.63) is 65.7 Å². The average Bonchev–Trinajstić information content (AvgIpc) is 3.45. The molecule has 3 aliphatic heterocycles. The van der Waals surface area contributed by atoms with Crippen LogP contribution in [0, 0.1) is 5.41 Å². The van der Waals surface area contributed by atoms with Crippen molar-refractivity contribution in [1.29, 1.82) is 0 Å². The summed E-state index contributed by atoms with van der Waals surface area (Å²) >= 11 is 0. The molecule has 3 saturated heterocycles. The Morgan fingerprint density at radius 3 is 2.45 bits per heavy atom. The number of nitrogens with zero attached hydrogens (tertiary/aromatic N) is 2. The summed E-state index contributed by atoms with van der Waals surface area (Å²) in [6.07, 6.45) is 3.42. The first-order valence-electron chi connectivity index (χ1n) is 10.7. The molecule has 3 atom stereocenters. The molecule has 7 heteroatoms. The zero-order valence-electron chi connectivity index (χ0n) is 17.2. The maximum absolute atomic E-state index is 13.4. The first kappa shape index (κ1) is 19.8. The number of hydrogen-bond acceptors (Lipinski definition) is 4. The zero-order chi connectivity index (χ0) is 21.6. The SMILES string of the molecule is O=C1CN(c2ccc(C(=O)N3[C@@H]4CC[C@H]3[C@](CO)(Cc3ccccc3)C4)cc2)C(=O)N1. The minimum absolute atomic E-state index is 0.0110. The number of aliphatic hydroxyl groups excluding tert-OH is 1. The van der Waals surface area contributed by atoms with Crippen molar-refractivity contribution in [1.82, 2.24) is 10.2 Å². The summed E-state index contributed by atoms with van der Waals surface area (Å²) in [5, 5.41) is 12.6. The lowest BCUT2D eigenvalue weighted by Crippen LogP contribution is -2.43. The average molecular weight is 419 g/mol. The summed E-state index contributed by atoms with van der Waals surface area (Å²) in [5.41, 5.74) is 2.01. The maximum Gasteiger partial charge on any atom is 0.329 e. The number of imide groups is 1. The molecule has 2 N–H and O–H groups in total. The van der Waals surface area contributed by atoms with Crippen LogP contribution >= 0.6 is 0 Å². The van der Waals surface area contributed by atoms with Gasteiger partial charge in [0.2, 0.25) is 5.91 Å². The molecule has 7 nitrogen and oxygen atoms in total. The van der Waals surface area contributed by atoms with Crippen molar-refractivity contribution in [2.24, 2.45) is 5.41 Å². The molecule has 4 amide bonds. The first-order chi connectivity index (χ1) is 15.0. The van der Waals surface area contributed by atoms with Gasteiger partial charge >= 0.3 is 6.03 Å². The third-order valence-corrected chi connectivity index (χ3v) is 7.02. The third kappa shape index (κ3) is 3.29. The number of aliphatic hydroxyl groups is 1. The highest BCUT2D eigenvalue weighted by molar-refractivity contribution is 6.12. The largest absolute Gasteiger partial charge is 0.396 e. The Morgan fingerprint density at radius 1 is 1.06 bits per heavy atom. The monoisotopic (exact) mass is 419 g/mol. The second-order valence-corrected chi connectivity index (χ2v) is 8.83. The van der Waals surface area contributed by atoms with Crippen LogP contribution in [0.5, 0.6) is 0 Å². The summed E-state index contributed by atoms with van der Waals surface area (Å²) < 4.78 is 0. The highest BCUT2D eigenvalue weighted by Crippen LogP contribution is 2.51. The highest BCUT2D eigenvalue weighted by atomic mass is 16.3. The molecular formula is C24H25N3O4. The molecule has 31 heavy (non-hydrogen) atoms. The van der Waals surface area contributed by atoms with Crippen molar-refractivity contribution in [3.8, 4) is 0 Å². The van der Waals surface area contributed by atoms with E-state index < -0.39 is 6.03 Å². The van der Waals surface area contributed by atoms with Crippen LogP contribution in [-0.4, -0.2) is 53.1 Å². The molecule has 3 aliphatic rings. The van der Waals surface area contributed by atoms with E-state index >= 15 is 0 Å². The van der Waals surface area contributed by atoms with E-state index in [1.165, 1.54) is 10.5 Å². The Balaban J connectivity index is 1.36. The van der Waals surface area contributed by atoms with Crippen molar-refractivity contribution >= 4 is 23.5 Å². The van der Waals surface area contributed by atoms with Gasteiger partial charge in [0.1, 0.15) is 6.54 Å². The molecule has 2 aromatic rings. The molecule has 5 rings (SSSR count). The topological polar surface area (TPSA) is 90.0 Å². The number of amides is 4. The van der Waals surface area contributed by atoms with Crippen molar-refractivity contribution < 1.29 is 19.5 Å². The summed E-state index contributed by atoms with van der Waals surface area (Å²) in [6, 6.07) is 16.7. The van der Waals surface area contributed by atoms with E-state index in [-0.39, 0.29) is 42.5 Å². The number of benzene rings is 2. The molecule has 0 aromatic heterocycles. The van der Waals surface area contributed by atoms with Crippen LogP contribution < -0.4 is 10.2 Å². The minimum atomic E-state index is -0.449. The highest BCUT2D eigenvalue weighted by Gasteiger charge is 2.57. The molecule has 0 aliphatic carbocycles. The van der Waals surface area contributed by atoms with Crippen LogP contribution in [0.3, 0.4) is 0 Å². The Labute approximate surface area is 180 Å². The second-order valence-electron chi connectivity index (χ2n) is 8.83. The van der Waals surface area contributed by atoms with Gasteiger partial charge in [-0.3, -0.25) is 19.8 Å². The zero-order valence-corrected chi connectivity index (χ0v) is 17.2. The van der Waals surface area contributed by atoms with Crippen LogP contribution in [0.2, 0.25) is 0 Å². The van der Waals surface area contributed by atoms with Gasteiger partial charge in [-0.15, -0.1) is 0 Å². The maximum atomic E-state index is 13.4. The number of urea groups is 1. The fraction of sp³-hybridized carbons (Fsp3) is 0.375. The lowest BCUT2D eigenvalue weighted by atomic mass is 9.70. The van der Waals surface area contributed by atoms with Gasteiger partial charge in [0.25, 0.3) is 5.91 Å². The van der Waals surface area contributed by atoms with Gasteiger partial charge in [-0.1, -0.05) is 30.3 Å². The quantitative estimate of drug-likeness (QED) is 0.728. The first-order valence-corrected chi connectivity index (χ1v) is 10.7. The fourth-order valence-electron chi connectivity index (χ4n) is 5.60. The van der Waals surface area contributed by atoms with Crippen LogP contribution in [0.1, 0.15) is 35.2 Å². The predicted octanol–water partition coefficient (Wildman–Crippen LogP) is 2.34. The summed E-state index contributed by atoms with van der Waals surface area (Å²) in [5.74, 6) is -0.373. The Kier molecular flexibility index (Phi) is 4.78. The molecule has 160 valence electrons. The van der Waals surface area contributed by atoms with E-state index in [4.69, 9.17) is 0 Å². The Hall–Kier alpha value is -3.19. The molecule has 0 saturated carbocycles. The molecule has 2 aromatic carbocycles. The number of carbonyl (C=O) groups excluding carboxylic acids is 3. The number of hydrogen-bond donors (Lipinski definition) is 2. The van der Waals surface area contributed by atoms with E-state index in [0.717, 1.165) is 25.7 Å². The lowest BCUT2D eigenvalue weighted by Gasteiger charge is -2.36. The smallest absolute Gasteiger partial charge is 0.329 e. The summed E-state index contributed by atoms with van der Waals surface area (Å²) in [6.45, 7) is 0.0464. The Bertz CT molecular complexity index is 1020.